The molecule has 1 N–H and O–H groups in total. The summed E-state index contributed by atoms with van der Waals surface area (Å²) < 4.78 is 0.981. The standard InChI is InChI=1S/C13H20BrNO/c1-10(2)15(3)9-8-13(16)11-6-4-5-7-12(11)14/h4-7,10,13,16H,8-9H2,1-3H3. The summed E-state index contributed by atoms with van der Waals surface area (Å²) in [4.78, 5) is 2.24. The van der Waals surface area contributed by atoms with E-state index < -0.39 is 6.10 Å². The highest BCUT2D eigenvalue weighted by molar-refractivity contribution is 9.10. The molecule has 0 aliphatic heterocycles. The first kappa shape index (κ1) is 13.7. The molecule has 16 heavy (non-hydrogen) atoms. The van der Waals surface area contributed by atoms with Crippen LogP contribution < -0.4 is 0 Å². The first-order chi connectivity index (χ1) is 7.52. The van der Waals surface area contributed by atoms with Crippen molar-refractivity contribution in [2.75, 3.05) is 13.6 Å². The lowest BCUT2D eigenvalue weighted by atomic mass is 10.1. The van der Waals surface area contributed by atoms with Gasteiger partial charge in [0.05, 0.1) is 6.10 Å². The van der Waals surface area contributed by atoms with Crippen molar-refractivity contribution < 1.29 is 5.11 Å². The van der Waals surface area contributed by atoms with Gasteiger partial charge in [-0.15, -0.1) is 0 Å². The Morgan fingerprint density at radius 1 is 1.31 bits per heavy atom. The zero-order chi connectivity index (χ0) is 12.1. The number of hydrogen-bond acceptors (Lipinski definition) is 2. The highest BCUT2D eigenvalue weighted by atomic mass is 79.9. The molecule has 0 aromatic heterocycles. The van der Waals surface area contributed by atoms with Crippen molar-refractivity contribution >= 4 is 15.9 Å². The fourth-order valence-electron chi connectivity index (χ4n) is 1.48. The molecular weight excluding hydrogens is 266 g/mol. The molecule has 0 saturated carbocycles. The molecule has 0 fully saturated rings. The molecule has 0 bridgehead atoms. The number of aliphatic hydroxyl groups excluding tert-OH is 1. The maximum atomic E-state index is 10.1. The van der Waals surface area contributed by atoms with Crippen molar-refractivity contribution in [1.82, 2.24) is 4.90 Å². The van der Waals surface area contributed by atoms with Gasteiger partial charge in [-0.25, -0.2) is 0 Å². The molecule has 90 valence electrons. The molecule has 0 aliphatic carbocycles. The second-order valence-electron chi connectivity index (χ2n) is 4.40. The summed E-state index contributed by atoms with van der Waals surface area (Å²) in [6, 6.07) is 8.36. The monoisotopic (exact) mass is 285 g/mol. The van der Waals surface area contributed by atoms with Crippen LogP contribution in [0.25, 0.3) is 0 Å². The summed E-state index contributed by atoms with van der Waals surface area (Å²) >= 11 is 3.46. The lowest BCUT2D eigenvalue weighted by Crippen LogP contribution is -2.28. The van der Waals surface area contributed by atoms with Crippen molar-refractivity contribution in [2.24, 2.45) is 0 Å². The second-order valence-corrected chi connectivity index (χ2v) is 5.25. The lowest BCUT2D eigenvalue weighted by Gasteiger charge is -2.22. The van der Waals surface area contributed by atoms with Crippen LogP contribution in [0.2, 0.25) is 0 Å². The minimum Gasteiger partial charge on any atom is -0.388 e. The van der Waals surface area contributed by atoms with E-state index in [9.17, 15) is 5.11 Å². The van der Waals surface area contributed by atoms with Crippen LogP contribution in [-0.4, -0.2) is 29.6 Å². The van der Waals surface area contributed by atoms with Gasteiger partial charge in [0, 0.05) is 17.1 Å². The van der Waals surface area contributed by atoms with Gasteiger partial charge in [-0.05, 0) is 38.9 Å². The molecular formula is C13H20BrNO. The average Bonchev–Trinajstić information content (AvgIpc) is 2.25. The molecule has 1 rings (SSSR count). The van der Waals surface area contributed by atoms with E-state index in [0.29, 0.717) is 6.04 Å². The van der Waals surface area contributed by atoms with E-state index in [2.05, 4.69) is 41.7 Å². The average molecular weight is 286 g/mol. The zero-order valence-electron chi connectivity index (χ0n) is 10.2. The molecule has 1 atom stereocenters. The fourth-order valence-corrected chi connectivity index (χ4v) is 2.03. The predicted octanol–water partition coefficient (Wildman–Crippen LogP) is 3.21. The Morgan fingerprint density at radius 3 is 2.50 bits per heavy atom. The number of aliphatic hydroxyl groups is 1. The summed E-state index contributed by atoms with van der Waals surface area (Å²) in [7, 11) is 2.08. The van der Waals surface area contributed by atoms with Crippen molar-refractivity contribution in [3.05, 3.63) is 34.3 Å². The largest absolute Gasteiger partial charge is 0.388 e. The van der Waals surface area contributed by atoms with Crippen LogP contribution in [0, 0.1) is 0 Å². The first-order valence-electron chi connectivity index (χ1n) is 5.65. The Kier molecular flexibility index (Phi) is 5.46. The van der Waals surface area contributed by atoms with Gasteiger partial charge in [0.25, 0.3) is 0 Å². The van der Waals surface area contributed by atoms with E-state index in [1.54, 1.807) is 0 Å². The number of hydrogen-bond donors (Lipinski definition) is 1. The van der Waals surface area contributed by atoms with Gasteiger partial charge in [-0.3, -0.25) is 0 Å². The molecule has 1 unspecified atom stereocenters. The van der Waals surface area contributed by atoms with Crippen LogP contribution in [0.15, 0.2) is 28.7 Å². The predicted molar refractivity (Wildman–Crippen MR) is 71.5 cm³/mol. The van der Waals surface area contributed by atoms with Crippen LogP contribution in [0.4, 0.5) is 0 Å². The van der Waals surface area contributed by atoms with Crippen LogP contribution in [0.3, 0.4) is 0 Å². The highest BCUT2D eigenvalue weighted by Gasteiger charge is 2.12. The molecule has 0 radical (unpaired) electrons. The van der Waals surface area contributed by atoms with Crippen LogP contribution in [0.1, 0.15) is 31.9 Å². The molecule has 0 aliphatic rings. The maximum Gasteiger partial charge on any atom is 0.0813 e. The van der Waals surface area contributed by atoms with Crippen LogP contribution >= 0.6 is 15.9 Å². The van der Waals surface area contributed by atoms with E-state index in [1.165, 1.54) is 0 Å². The molecule has 1 aromatic rings. The van der Waals surface area contributed by atoms with Gasteiger partial charge in [0.2, 0.25) is 0 Å². The van der Waals surface area contributed by atoms with Gasteiger partial charge >= 0.3 is 0 Å². The number of nitrogens with zero attached hydrogens (tertiary/aromatic N) is 1. The molecule has 3 heteroatoms. The number of halogens is 1. The topological polar surface area (TPSA) is 23.5 Å². The highest BCUT2D eigenvalue weighted by Crippen LogP contribution is 2.25. The summed E-state index contributed by atoms with van der Waals surface area (Å²) in [6.45, 7) is 5.22. The summed E-state index contributed by atoms with van der Waals surface area (Å²) in [5.74, 6) is 0. The Hall–Kier alpha value is -0.380. The summed E-state index contributed by atoms with van der Waals surface area (Å²) in [6.07, 6.45) is 0.369. The fraction of sp³-hybridized carbons (Fsp3) is 0.538. The van der Waals surface area contributed by atoms with Gasteiger partial charge in [-0.2, -0.15) is 0 Å². The SMILES string of the molecule is CC(C)N(C)CCC(O)c1ccccc1Br. The zero-order valence-corrected chi connectivity index (χ0v) is 11.7. The molecule has 0 heterocycles. The maximum absolute atomic E-state index is 10.1. The van der Waals surface area contributed by atoms with Gasteiger partial charge < -0.3 is 10.0 Å². The third-order valence-corrected chi connectivity index (χ3v) is 3.62. The van der Waals surface area contributed by atoms with Crippen molar-refractivity contribution in [2.45, 2.75) is 32.4 Å². The minimum absolute atomic E-state index is 0.392. The molecule has 2 nitrogen and oxygen atoms in total. The van der Waals surface area contributed by atoms with Crippen LogP contribution in [-0.2, 0) is 0 Å². The Labute approximate surface area is 106 Å². The Bertz CT molecular complexity index is 327. The molecule has 1 aromatic carbocycles. The van der Waals surface area contributed by atoms with E-state index in [0.717, 1.165) is 23.0 Å². The normalized spacial score (nSPS) is 13.4. The second kappa shape index (κ2) is 6.38. The Morgan fingerprint density at radius 2 is 1.94 bits per heavy atom. The summed E-state index contributed by atoms with van der Waals surface area (Å²) in [5, 5.41) is 10.1. The van der Waals surface area contributed by atoms with Crippen molar-refractivity contribution in [3.8, 4) is 0 Å². The minimum atomic E-state index is -0.392. The van der Waals surface area contributed by atoms with Crippen molar-refractivity contribution in [1.29, 1.82) is 0 Å². The van der Waals surface area contributed by atoms with Gasteiger partial charge in [-0.1, -0.05) is 34.1 Å². The third-order valence-electron chi connectivity index (χ3n) is 2.90. The first-order valence-corrected chi connectivity index (χ1v) is 6.44. The molecule has 0 amide bonds. The van der Waals surface area contributed by atoms with E-state index in [4.69, 9.17) is 0 Å². The summed E-state index contributed by atoms with van der Waals surface area (Å²) in [5.41, 5.74) is 0.972. The van der Waals surface area contributed by atoms with Crippen LogP contribution in [0.5, 0.6) is 0 Å². The molecule has 0 saturated heterocycles. The lowest BCUT2D eigenvalue weighted by molar-refractivity contribution is 0.141. The number of benzene rings is 1. The number of rotatable bonds is 5. The smallest absolute Gasteiger partial charge is 0.0813 e. The van der Waals surface area contributed by atoms with E-state index in [-0.39, 0.29) is 0 Å². The quantitative estimate of drug-likeness (QED) is 0.898. The van der Waals surface area contributed by atoms with Gasteiger partial charge in [0.15, 0.2) is 0 Å². The Balaban J connectivity index is 2.53. The van der Waals surface area contributed by atoms with Gasteiger partial charge in [0.1, 0.15) is 0 Å². The van der Waals surface area contributed by atoms with Crippen molar-refractivity contribution in [3.63, 3.8) is 0 Å². The third kappa shape index (κ3) is 3.89. The van der Waals surface area contributed by atoms with E-state index in [1.807, 2.05) is 24.3 Å². The molecule has 0 spiro atoms. The van der Waals surface area contributed by atoms with E-state index >= 15 is 0 Å².